The number of rotatable bonds is 4. The van der Waals surface area contributed by atoms with Gasteiger partial charge >= 0.3 is 6.18 Å². The van der Waals surface area contributed by atoms with Crippen molar-refractivity contribution in [3.05, 3.63) is 35.6 Å². The summed E-state index contributed by atoms with van der Waals surface area (Å²) in [6.07, 6.45) is -2.94. The van der Waals surface area contributed by atoms with Crippen LogP contribution in [0.2, 0.25) is 5.15 Å². The molecule has 0 N–H and O–H groups in total. The molecule has 0 radical (unpaired) electrons. The van der Waals surface area contributed by atoms with Crippen molar-refractivity contribution in [2.24, 2.45) is 0 Å². The quantitative estimate of drug-likeness (QED) is 0.812. The van der Waals surface area contributed by atoms with E-state index in [9.17, 15) is 18.0 Å². The summed E-state index contributed by atoms with van der Waals surface area (Å²) in [6, 6.07) is 3.27. The highest BCUT2D eigenvalue weighted by Crippen LogP contribution is 2.27. The summed E-state index contributed by atoms with van der Waals surface area (Å²) in [5.74, 6) is -1.48. The van der Waals surface area contributed by atoms with Crippen LogP contribution in [0.1, 0.15) is 12.3 Å². The molecule has 2 rings (SSSR count). The van der Waals surface area contributed by atoms with Crippen LogP contribution in [0, 0.1) is 0 Å². The Labute approximate surface area is 116 Å². The topological polar surface area (TPSA) is 56.0 Å². The third-order valence-corrected chi connectivity index (χ3v) is 2.76. The molecule has 8 heteroatoms. The number of carbonyl (C=O) groups is 1. The number of hydrogen-bond donors (Lipinski definition) is 0. The first-order valence-electron chi connectivity index (χ1n) is 5.53. The molecule has 0 spiro atoms. The Kier molecular flexibility index (Phi) is 4.08. The van der Waals surface area contributed by atoms with Gasteiger partial charge in [-0.2, -0.15) is 13.2 Å². The van der Waals surface area contributed by atoms with Crippen molar-refractivity contribution in [3.63, 3.8) is 0 Å². The third kappa shape index (κ3) is 3.36. The second-order valence-electron chi connectivity index (χ2n) is 3.88. The molecule has 0 bridgehead atoms. The molecule has 0 unspecified atom stereocenters. The van der Waals surface area contributed by atoms with Crippen LogP contribution in [-0.4, -0.2) is 21.9 Å². The van der Waals surface area contributed by atoms with Gasteiger partial charge in [-0.05, 0) is 12.1 Å². The fourth-order valence-electron chi connectivity index (χ4n) is 1.48. The number of carbonyl (C=O) groups excluding carboxylic acids is 1. The van der Waals surface area contributed by atoms with Gasteiger partial charge in [0.15, 0.2) is 11.7 Å². The van der Waals surface area contributed by atoms with Crippen LogP contribution in [0.15, 0.2) is 28.9 Å². The van der Waals surface area contributed by atoms with Crippen LogP contribution in [0.5, 0.6) is 0 Å². The summed E-state index contributed by atoms with van der Waals surface area (Å²) in [5, 5.41) is 0.196. The number of aryl methyl sites for hydroxylation is 1. The first-order chi connectivity index (χ1) is 9.38. The van der Waals surface area contributed by atoms with Crippen LogP contribution in [0.25, 0.3) is 11.3 Å². The first-order valence-corrected chi connectivity index (χ1v) is 5.91. The molecule has 0 aliphatic carbocycles. The number of halogens is 4. The van der Waals surface area contributed by atoms with Gasteiger partial charge in [0.05, 0.1) is 11.8 Å². The van der Waals surface area contributed by atoms with Gasteiger partial charge in [-0.3, -0.25) is 4.79 Å². The molecule has 0 amide bonds. The van der Waals surface area contributed by atoms with E-state index in [1.807, 2.05) is 0 Å². The van der Waals surface area contributed by atoms with Gasteiger partial charge in [0.1, 0.15) is 5.15 Å². The summed E-state index contributed by atoms with van der Waals surface area (Å²) in [6.45, 7) is 0. The van der Waals surface area contributed by atoms with Gasteiger partial charge < -0.3 is 4.42 Å². The van der Waals surface area contributed by atoms with E-state index in [2.05, 4.69) is 9.97 Å². The second kappa shape index (κ2) is 5.62. The minimum absolute atomic E-state index is 0.0394. The van der Waals surface area contributed by atoms with Gasteiger partial charge in [-0.15, -0.1) is 0 Å². The second-order valence-corrected chi connectivity index (χ2v) is 4.24. The third-order valence-electron chi connectivity index (χ3n) is 2.46. The Morgan fingerprint density at radius 2 is 2.10 bits per heavy atom. The van der Waals surface area contributed by atoms with Crippen molar-refractivity contribution < 1.29 is 22.4 Å². The lowest BCUT2D eigenvalue weighted by atomic mass is 10.2. The first kappa shape index (κ1) is 14.5. The normalized spacial score (nSPS) is 11.6. The largest absolute Gasteiger partial charge is 0.449 e. The van der Waals surface area contributed by atoms with E-state index in [0.29, 0.717) is 5.56 Å². The maximum absolute atomic E-state index is 12.0. The number of ketones is 1. The highest BCUT2D eigenvalue weighted by molar-refractivity contribution is 6.31. The molecule has 2 aromatic heterocycles. The molecule has 4 nitrogen and oxygen atoms in total. The fraction of sp³-hybridized carbons (Fsp3) is 0.250. The van der Waals surface area contributed by atoms with Crippen molar-refractivity contribution in [1.82, 2.24) is 9.97 Å². The average molecular weight is 305 g/mol. The summed E-state index contributed by atoms with van der Waals surface area (Å²) in [4.78, 5) is 18.4. The molecule has 0 aliphatic heterocycles. The smallest absolute Gasteiger partial charge is 0.441 e. The molecular weight excluding hydrogens is 297 g/mol. The minimum atomic E-state index is -4.83. The maximum atomic E-state index is 12.0. The molecule has 0 aliphatic rings. The van der Waals surface area contributed by atoms with E-state index in [1.165, 1.54) is 12.4 Å². The highest BCUT2D eigenvalue weighted by Gasteiger charge is 2.37. The predicted molar refractivity (Wildman–Crippen MR) is 64.1 cm³/mol. The lowest BCUT2D eigenvalue weighted by Crippen LogP contribution is -2.22. The Morgan fingerprint density at radius 1 is 1.35 bits per heavy atom. The number of hydrogen-bond acceptors (Lipinski definition) is 4. The molecule has 106 valence electrons. The van der Waals surface area contributed by atoms with E-state index in [-0.39, 0.29) is 23.2 Å². The molecule has 2 heterocycles. The molecule has 0 atom stereocenters. The van der Waals surface area contributed by atoms with Gasteiger partial charge in [-0.1, -0.05) is 11.6 Å². The summed E-state index contributed by atoms with van der Waals surface area (Å²) < 4.78 is 41.4. The van der Waals surface area contributed by atoms with Crippen molar-refractivity contribution in [1.29, 1.82) is 0 Å². The van der Waals surface area contributed by atoms with Crippen LogP contribution in [0.3, 0.4) is 0 Å². The highest BCUT2D eigenvalue weighted by atomic mass is 35.5. The molecular formula is C12H8ClF3N2O2. The summed E-state index contributed by atoms with van der Waals surface area (Å²) in [7, 11) is 0. The van der Waals surface area contributed by atoms with E-state index < -0.39 is 18.4 Å². The van der Waals surface area contributed by atoms with Gasteiger partial charge in [0.2, 0.25) is 5.78 Å². The Bertz CT molecular complexity index is 625. The molecule has 2 aromatic rings. The predicted octanol–water partition coefficient (Wildman–Crippen LogP) is 3.45. The Balaban J connectivity index is 2.07. The van der Waals surface area contributed by atoms with Crippen LogP contribution >= 0.6 is 11.6 Å². The standard InChI is InChI=1S/C12H8ClF3N2O2/c13-11-7(2-1-5-17-11)8-6-18-10(20-8)4-3-9(19)12(14,15)16/h1-2,5-6H,3-4H2. The number of aromatic nitrogens is 2. The number of nitrogens with zero attached hydrogens (tertiary/aromatic N) is 2. The molecule has 0 aromatic carbocycles. The number of Topliss-reactive ketones (excluding diaryl/α,β-unsaturated/α-hetero) is 1. The number of pyridine rings is 1. The maximum Gasteiger partial charge on any atom is 0.449 e. The van der Waals surface area contributed by atoms with E-state index >= 15 is 0 Å². The summed E-state index contributed by atoms with van der Waals surface area (Å²) in [5.41, 5.74) is 0.482. The van der Waals surface area contributed by atoms with Gasteiger partial charge in [0.25, 0.3) is 0 Å². The average Bonchev–Trinajstić information content (AvgIpc) is 2.84. The minimum Gasteiger partial charge on any atom is -0.441 e. The molecule has 20 heavy (non-hydrogen) atoms. The van der Waals surface area contributed by atoms with Crippen molar-refractivity contribution >= 4 is 17.4 Å². The zero-order valence-corrected chi connectivity index (χ0v) is 10.7. The van der Waals surface area contributed by atoms with Crippen molar-refractivity contribution in [3.8, 4) is 11.3 Å². The molecule has 0 saturated heterocycles. The lowest BCUT2D eigenvalue weighted by Gasteiger charge is -2.02. The van der Waals surface area contributed by atoms with Gasteiger partial charge in [0, 0.05) is 19.0 Å². The zero-order valence-electron chi connectivity index (χ0n) is 9.95. The monoisotopic (exact) mass is 304 g/mol. The van der Waals surface area contributed by atoms with Crippen LogP contribution < -0.4 is 0 Å². The van der Waals surface area contributed by atoms with Crippen LogP contribution in [-0.2, 0) is 11.2 Å². The van der Waals surface area contributed by atoms with Crippen molar-refractivity contribution in [2.45, 2.75) is 19.0 Å². The lowest BCUT2D eigenvalue weighted by molar-refractivity contribution is -0.171. The number of oxazole rings is 1. The zero-order chi connectivity index (χ0) is 14.8. The molecule has 0 saturated carbocycles. The van der Waals surface area contributed by atoms with Crippen molar-refractivity contribution in [2.75, 3.05) is 0 Å². The number of alkyl halides is 3. The Hall–Kier alpha value is -1.89. The van der Waals surface area contributed by atoms with Gasteiger partial charge in [-0.25, -0.2) is 9.97 Å². The molecule has 0 fully saturated rings. The SMILES string of the molecule is O=C(CCc1ncc(-c2cccnc2Cl)o1)C(F)(F)F. The van der Waals surface area contributed by atoms with Crippen LogP contribution in [0.4, 0.5) is 13.2 Å². The van der Waals surface area contributed by atoms with E-state index in [0.717, 1.165) is 0 Å². The van der Waals surface area contributed by atoms with E-state index in [4.69, 9.17) is 16.0 Å². The summed E-state index contributed by atoms with van der Waals surface area (Å²) >= 11 is 5.85. The Morgan fingerprint density at radius 3 is 2.75 bits per heavy atom. The fourth-order valence-corrected chi connectivity index (χ4v) is 1.69. The van der Waals surface area contributed by atoms with E-state index in [1.54, 1.807) is 12.1 Å².